The van der Waals surface area contributed by atoms with Crippen molar-refractivity contribution in [3.05, 3.63) is 11.6 Å². The van der Waals surface area contributed by atoms with E-state index in [1.54, 1.807) is 5.57 Å². The van der Waals surface area contributed by atoms with Gasteiger partial charge in [-0.1, -0.05) is 78.9 Å². The molecule has 2 aliphatic carbocycles. The van der Waals surface area contributed by atoms with Crippen LogP contribution >= 0.6 is 11.6 Å². The van der Waals surface area contributed by atoms with Gasteiger partial charge in [0.2, 0.25) is 5.91 Å². The number of nitrogens with zero attached hydrogens (tertiary/aromatic N) is 1. The lowest BCUT2D eigenvalue weighted by Crippen LogP contribution is -2.53. The van der Waals surface area contributed by atoms with Gasteiger partial charge in [0.15, 0.2) is 0 Å². The number of halogens is 1. The first-order chi connectivity index (χ1) is 15.7. The second-order valence-corrected chi connectivity index (χ2v) is 12.7. The zero-order valence-corrected chi connectivity index (χ0v) is 24.1. The van der Waals surface area contributed by atoms with E-state index in [0.29, 0.717) is 23.8 Å². The highest BCUT2D eigenvalue weighted by Crippen LogP contribution is 2.43. The second-order valence-electron chi connectivity index (χ2n) is 12.1. The minimum absolute atomic E-state index is 0. The van der Waals surface area contributed by atoms with Crippen LogP contribution in [0.25, 0.3) is 0 Å². The van der Waals surface area contributed by atoms with Gasteiger partial charge in [-0.15, -0.1) is 11.6 Å². The summed E-state index contributed by atoms with van der Waals surface area (Å²) in [5.74, 6) is 2.11. The number of alkyl halides is 1. The zero-order valence-electron chi connectivity index (χ0n) is 23.3. The number of piperidine rings is 1. The Morgan fingerprint density at radius 1 is 1.11 bits per heavy atom. The van der Waals surface area contributed by atoms with Gasteiger partial charge in [-0.05, 0) is 68.4 Å². The number of carbonyl (C=O) groups is 1. The predicted octanol–water partition coefficient (Wildman–Crippen LogP) is 3.92. The lowest BCUT2D eigenvalue weighted by molar-refractivity contribution is -0.121. The Hall–Kier alpha value is -0.700. The summed E-state index contributed by atoms with van der Waals surface area (Å²) in [4.78, 5) is 15.2. The van der Waals surface area contributed by atoms with Gasteiger partial charge in [-0.3, -0.25) is 4.79 Å². The maximum absolute atomic E-state index is 12.7. The highest BCUT2D eigenvalue weighted by Gasteiger charge is 2.39. The summed E-state index contributed by atoms with van der Waals surface area (Å²) in [6, 6.07) is 0.205. The van der Waals surface area contributed by atoms with Crippen molar-refractivity contribution in [3.63, 3.8) is 0 Å². The highest BCUT2D eigenvalue weighted by molar-refractivity contribution is 6.20. The second kappa shape index (κ2) is 18.6. The number of nitrogens with one attached hydrogen (secondary N) is 2. The maximum Gasteiger partial charge on any atom is 0.234 e. The summed E-state index contributed by atoms with van der Waals surface area (Å²) >= 11 is 6.33. The molecule has 3 atom stereocenters. The van der Waals surface area contributed by atoms with Crippen LogP contribution in [-0.4, -0.2) is 71.4 Å². The standard InChI is InChI=1S/C28H50ClN3O.CH4.3H2O/c1-21(2)26(31-27(33)18-30-16-14-22-8-6-5-7-9-22)19-32-17-15-25(28(3,4)20-32)23-10-12-24(29)13-11-23;;;;/h10,21-22,24-26,30H,5-9,11-20H2,1-4H3,(H,31,33);1H4;3*1H2/t24?,25?,26-;;;;/m0..../s1. The van der Waals surface area contributed by atoms with E-state index in [1.165, 1.54) is 51.4 Å². The van der Waals surface area contributed by atoms with Crippen molar-refractivity contribution in [3.8, 4) is 0 Å². The van der Waals surface area contributed by atoms with Crippen molar-refractivity contribution in [1.29, 1.82) is 0 Å². The number of rotatable bonds is 10. The first-order valence-electron chi connectivity index (χ1n) is 13.8. The lowest BCUT2D eigenvalue weighted by atomic mass is 9.68. The van der Waals surface area contributed by atoms with Crippen LogP contribution in [-0.2, 0) is 4.79 Å². The van der Waals surface area contributed by atoms with Crippen LogP contribution in [0.5, 0.6) is 0 Å². The summed E-state index contributed by atoms with van der Waals surface area (Å²) in [6.07, 6.45) is 15.1. The van der Waals surface area contributed by atoms with Gasteiger partial charge >= 0.3 is 0 Å². The number of amides is 1. The van der Waals surface area contributed by atoms with Gasteiger partial charge in [0, 0.05) is 24.5 Å². The Balaban J connectivity index is 0. The van der Waals surface area contributed by atoms with Crippen molar-refractivity contribution in [2.75, 3.05) is 32.7 Å². The van der Waals surface area contributed by atoms with Crippen LogP contribution in [0.3, 0.4) is 0 Å². The molecule has 1 heterocycles. The zero-order chi connectivity index (χ0) is 23.8. The molecule has 0 radical (unpaired) electrons. The molecule has 0 aromatic heterocycles. The summed E-state index contributed by atoms with van der Waals surface area (Å²) in [7, 11) is 0. The summed E-state index contributed by atoms with van der Waals surface area (Å²) in [6.45, 7) is 13.9. The average molecular weight is 550 g/mol. The van der Waals surface area contributed by atoms with Crippen LogP contribution in [0.4, 0.5) is 0 Å². The fraction of sp³-hybridized carbons (Fsp3) is 0.897. The molecule has 0 aromatic carbocycles. The third-order valence-corrected chi connectivity index (χ3v) is 8.88. The molecule has 1 amide bonds. The van der Waals surface area contributed by atoms with E-state index in [9.17, 15) is 4.79 Å². The molecule has 3 rings (SSSR count). The Labute approximate surface area is 232 Å². The van der Waals surface area contributed by atoms with E-state index in [4.69, 9.17) is 11.6 Å². The maximum atomic E-state index is 12.7. The molecule has 7 nitrogen and oxygen atoms in total. The summed E-state index contributed by atoms with van der Waals surface area (Å²) < 4.78 is 0. The lowest BCUT2D eigenvalue weighted by Gasteiger charge is -2.47. The van der Waals surface area contributed by atoms with Crippen molar-refractivity contribution in [2.24, 2.45) is 23.2 Å². The normalized spacial score (nSPS) is 24.9. The molecule has 0 aromatic rings. The fourth-order valence-corrected chi connectivity index (χ4v) is 6.59. The smallest absolute Gasteiger partial charge is 0.234 e. The van der Waals surface area contributed by atoms with Crippen LogP contribution in [0, 0.1) is 23.2 Å². The first kappa shape index (κ1) is 38.4. The number of hydrogen-bond acceptors (Lipinski definition) is 3. The fourth-order valence-electron chi connectivity index (χ4n) is 6.39. The van der Waals surface area contributed by atoms with Crippen molar-refractivity contribution < 1.29 is 21.2 Å². The molecule has 0 bridgehead atoms. The molecule has 8 N–H and O–H groups in total. The third-order valence-electron chi connectivity index (χ3n) is 8.48. The Morgan fingerprint density at radius 3 is 2.35 bits per heavy atom. The Morgan fingerprint density at radius 2 is 1.78 bits per heavy atom. The molecular weight excluding hydrogens is 490 g/mol. The Kier molecular flexibility index (Phi) is 19.3. The van der Waals surface area contributed by atoms with Gasteiger partial charge in [-0.2, -0.15) is 0 Å². The quantitative estimate of drug-likeness (QED) is 0.242. The van der Waals surface area contributed by atoms with Gasteiger partial charge in [-0.25, -0.2) is 0 Å². The van der Waals surface area contributed by atoms with Crippen LogP contribution in [0.1, 0.15) is 99.3 Å². The third kappa shape index (κ3) is 12.3. The van der Waals surface area contributed by atoms with Gasteiger partial charge in [0.25, 0.3) is 0 Å². The van der Waals surface area contributed by atoms with E-state index in [2.05, 4.69) is 49.3 Å². The van der Waals surface area contributed by atoms with E-state index < -0.39 is 0 Å². The van der Waals surface area contributed by atoms with Crippen LogP contribution < -0.4 is 10.6 Å². The molecule has 1 aliphatic heterocycles. The Bertz CT molecular complexity index is 653. The monoisotopic (exact) mass is 549 g/mol. The number of hydrogen-bond donors (Lipinski definition) is 2. The molecular formula is C29H60ClN3O4. The number of likely N-dealkylation sites (tertiary alicyclic amines) is 1. The molecule has 1 saturated heterocycles. The van der Waals surface area contributed by atoms with E-state index in [0.717, 1.165) is 44.9 Å². The molecule has 2 fully saturated rings. The minimum atomic E-state index is 0. The van der Waals surface area contributed by atoms with Crippen molar-refractivity contribution >= 4 is 17.5 Å². The highest BCUT2D eigenvalue weighted by atomic mass is 35.5. The average Bonchev–Trinajstić information content (AvgIpc) is 2.77. The SMILES string of the molecule is C.CC(C)[C@H](CN1CCC(C2=CCC(Cl)CC2)C(C)(C)C1)NC(=O)CNCCC1CCCCC1.O.O.O. The molecule has 0 spiro atoms. The van der Waals surface area contributed by atoms with E-state index in [1.807, 2.05) is 0 Å². The van der Waals surface area contributed by atoms with Gasteiger partial charge in [0.1, 0.15) is 0 Å². The van der Waals surface area contributed by atoms with E-state index >= 15 is 0 Å². The first-order valence-corrected chi connectivity index (χ1v) is 14.2. The van der Waals surface area contributed by atoms with Crippen LogP contribution in [0.2, 0.25) is 0 Å². The molecule has 37 heavy (non-hydrogen) atoms. The van der Waals surface area contributed by atoms with Crippen molar-refractivity contribution in [2.45, 2.75) is 111 Å². The molecule has 3 aliphatic rings. The van der Waals surface area contributed by atoms with Gasteiger partial charge in [0.05, 0.1) is 6.54 Å². The summed E-state index contributed by atoms with van der Waals surface area (Å²) in [5.41, 5.74) is 1.90. The number of carbonyl (C=O) groups excluding carboxylic acids is 1. The van der Waals surface area contributed by atoms with Crippen LogP contribution in [0.15, 0.2) is 11.6 Å². The summed E-state index contributed by atoms with van der Waals surface area (Å²) in [5, 5.41) is 7.07. The van der Waals surface area contributed by atoms with E-state index in [-0.39, 0.29) is 41.2 Å². The minimum Gasteiger partial charge on any atom is -0.412 e. The predicted molar refractivity (Wildman–Crippen MR) is 158 cm³/mol. The molecule has 1 saturated carbocycles. The topological polar surface area (TPSA) is 139 Å². The van der Waals surface area contributed by atoms with Crippen molar-refractivity contribution in [1.82, 2.24) is 15.5 Å². The molecule has 2 unspecified atom stereocenters. The molecule has 8 heteroatoms. The number of allylic oxidation sites excluding steroid dienone is 2. The van der Waals surface area contributed by atoms with Gasteiger partial charge < -0.3 is 32.0 Å². The largest absolute Gasteiger partial charge is 0.412 e. The molecule has 222 valence electrons.